The summed E-state index contributed by atoms with van der Waals surface area (Å²) in [4.78, 5) is 15.4. The van der Waals surface area contributed by atoms with Gasteiger partial charge in [0.05, 0.1) is 11.8 Å². The van der Waals surface area contributed by atoms with Crippen LogP contribution >= 0.6 is 0 Å². The number of rotatable bonds is 8. The number of amides is 1. The number of hydrogen-bond acceptors (Lipinski definition) is 5. The third-order valence-electron chi connectivity index (χ3n) is 5.61. The Morgan fingerprint density at radius 3 is 2.31 bits per heavy atom. The number of hydrogen-bond donors (Lipinski definition) is 4. The molecule has 1 aromatic carbocycles. The molecule has 0 aliphatic rings. The van der Waals surface area contributed by atoms with Crippen LogP contribution in [0.5, 0.6) is 0 Å². The molecule has 0 spiro atoms. The average Bonchev–Trinajstić information content (AvgIpc) is 3.13. The highest BCUT2D eigenvalue weighted by molar-refractivity contribution is 7.92. The molecule has 2 unspecified atom stereocenters. The van der Waals surface area contributed by atoms with E-state index in [2.05, 4.69) is 16.8 Å². The number of aromatic amines is 1. The fourth-order valence-corrected chi connectivity index (χ4v) is 4.32. The molecule has 1 heterocycles. The predicted octanol–water partition coefficient (Wildman–Crippen LogP) is 2.70. The van der Waals surface area contributed by atoms with Gasteiger partial charge in [0.25, 0.3) is 5.91 Å². The summed E-state index contributed by atoms with van der Waals surface area (Å²) in [5.74, 6) is 5.42. The molecule has 0 bridgehead atoms. The molecule has 0 aliphatic heterocycles. The van der Waals surface area contributed by atoms with Crippen LogP contribution in [0.4, 0.5) is 0 Å². The first kappa shape index (κ1) is 25.7. The first-order chi connectivity index (χ1) is 14.9. The van der Waals surface area contributed by atoms with Crippen molar-refractivity contribution in [2.45, 2.75) is 63.7 Å². The smallest absolute Gasteiger partial charge is 0.264 e. The molecule has 174 valence electrons. The highest BCUT2D eigenvalue weighted by atomic mass is 32.2. The number of H-pyrrole nitrogens is 1. The fourth-order valence-electron chi connectivity index (χ4n) is 3.47. The second-order valence-corrected chi connectivity index (χ2v) is 11.2. The van der Waals surface area contributed by atoms with E-state index in [9.17, 15) is 18.3 Å². The third kappa shape index (κ3) is 6.22. The maximum absolute atomic E-state index is 12.2. The molecular formula is C24H32N2O5S. The second-order valence-electron chi connectivity index (χ2n) is 8.72. The van der Waals surface area contributed by atoms with E-state index in [1.165, 1.54) is 12.4 Å². The maximum Gasteiger partial charge on any atom is 0.264 e. The van der Waals surface area contributed by atoms with E-state index in [0.29, 0.717) is 18.5 Å². The lowest BCUT2D eigenvalue weighted by molar-refractivity contribution is -0.131. The molecule has 32 heavy (non-hydrogen) atoms. The zero-order valence-corrected chi connectivity index (χ0v) is 20.0. The van der Waals surface area contributed by atoms with Crippen molar-refractivity contribution in [3.8, 4) is 11.8 Å². The van der Waals surface area contributed by atoms with Gasteiger partial charge in [-0.1, -0.05) is 31.9 Å². The number of carbonyl (C=O) groups excluding carboxylic acids is 1. The Bertz CT molecular complexity index is 1110. The molecule has 0 aliphatic carbocycles. The Labute approximate surface area is 190 Å². The zero-order valence-electron chi connectivity index (χ0n) is 19.2. The lowest BCUT2D eigenvalue weighted by Crippen LogP contribution is -2.49. The first-order valence-corrected chi connectivity index (χ1v) is 12.4. The van der Waals surface area contributed by atoms with Crippen molar-refractivity contribution in [3.05, 3.63) is 58.4 Å². The van der Waals surface area contributed by atoms with E-state index in [4.69, 9.17) is 5.21 Å². The number of benzene rings is 1. The summed E-state index contributed by atoms with van der Waals surface area (Å²) >= 11 is 0. The van der Waals surface area contributed by atoms with E-state index < -0.39 is 26.6 Å². The van der Waals surface area contributed by atoms with Crippen molar-refractivity contribution in [2.75, 3.05) is 6.26 Å². The summed E-state index contributed by atoms with van der Waals surface area (Å²) in [7, 11) is -3.76. The van der Waals surface area contributed by atoms with Crippen LogP contribution in [0.25, 0.3) is 0 Å². The van der Waals surface area contributed by atoms with Crippen LogP contribution < -0.4 is 5.48 Å². The molecular weight excluding hydrogens is 428 g/mol. The number of hydroxylamine groups is 1. The van der Waals surface area contributed by atoms with Crippen molar-refractivity contribution >= 4 is 15.7 Å². The largest absolute Gasteiger partial charge is 0.393 e. The van der Waals surface area contributed by atoms with Gasteiger partial charge in [0.2, 0.25) is 0 Å². The van der Waals surface area contributed by atoms with Gasteiger partial charge in [-0.05, 0) is 74.3 Å². The van der Waals surface area contributed by atoms with Crippen LogP contribution in [0.1, 0.15) is 68.1 Å². The molecule has 7 nitrogen and oxygen atoms in total. The van der Waals surface area contributed by atoms with Gasteiger partial charge in [0, 0.05) is 17.5 Å². The van der Waals surface area contributed by atoms with Gasteiger partial charge in [-0.3, -0.25) is 10.0 Å². The van der Waals surface area contributed by atoms with Crippen molar-refractivity contribution in [3.63, 3.8) is 0 Å². The Morgan fingerprint density at radius 1 is 1.19 bits per heavy atom. The van der Waals surface area contributed by atoms with Crippen molar-refractivity contribution in [1.29, 1.82) is 0 Å². The molecule has 1 aromatic heterocycles. The number of aromatic nitrogens is 1. The summed E-state index contributed by atoms with van der Waals surface area (Å²) in [5.41, 5.74) is 5.87. The number of sulfone groups is 1. The van der Waals surface area contributed by atoms with E-state index in [1.54, 1.807) is 6.92 Å². The van der Waals surface area contributed by atoms with Gasteiger partial charge < -0.3 is 10.1 Å². The molecule has 8 heteroatoms. The molecule has 0 radical (unpaired) electrons. The summed E-state index contributed by atoms with van der Waals surface area (Å²) < 4.78 is 22.7. The Morgan fingerprint density at radius 2 is 1.81 bits per heavy atom. The zero-order chi connectivity index (χ0) is 24.1. The van der Waals surface area contributed by atoms with Gasteiger partial charge in [0.15, 0.2) is 9.84 Å². The van der Waals surface area contributed by atoms with Crippen LogP contribution in [-0.2, 0) is 27.5 Å². The third-order valence-corrected chi connectivity index (χ3v) is 7.64. The Hall–Kier alpha value is -2.60. The maximum atomic E-state index is 12.2. The Balaban J connectivity index is 2.26. The van der Waals surface area contributed by atoms with Gasteiger partial charge in [0.1, 0.15) is 4.75 Å². The fraction of sp³-hybridized carbons (Fsp3) is 0.458. The first-order valence-electron chi connectivity index (χ1n) is 10.5. The molecule has 0 saturated carbocycles. The van der Waals surface area contributed by atoms with E-state index in [-0.39, 0.29) is 12.3 Å². The van der Waals surface area contributed by atoms with Crippen LogP contribution in [0.15, 0.2) is 30.3 Å². The second kappa shape index (κ2) is 10.3. The van der Waals surface area contributed by atoms with Gasteiger partial charge in [-0.15, -0.1) is 0 Å². The van der Waals surface area contributed by atoms with Crippen LogP contribution in [-0.4, -0.2) is 46.7 Å². The lowest BCUT2D eigenvalue weighted by atomic mass is 9.96. The predicted molar refractivity (Wildman–Crippen MR) is 124 cm³/mol. The SMILES string of the molecule is CC(O)Cc1ccc(C#Cc2cc(CCC(C)(C(=O)NO)S(C)(=O)=O)c(C(C)C)[nH]2)cc1. The number of carbonyl (C=O) groups is 1. The van der Waals surface area contributed by atoms with Crippen LogP contribution in [0.3, 0.4) is 0 Å². The molecule has 0 fully saturated rings. The van der Waals surface area contributed by atoms with Gasteiger partial charge in [-0.2, -0.15) is 0 Å². The lowest BCUT2D eigenvalue weighted by Gasteiger charge is -2.25. The topological polar surface area (TPSA) is 119 Å². The highest BCUT2D eigenvalue weighted by Crippen LogP contribution is 2.27. The summed E-state index contributed by atoms with van der Waals surface area (Å²) in [6.45, 7) is 7.10. The van der Waals surface area contributed by atoms with E-state index in [0.717, 1.165) is 28.6 Å². The standard InChI is InChI=1S/C24H32N2O5S/c1-16(2)22-20(12-13-24(4,23(28)26-29)32(5,30)31)15-21(25-22)11-10-18-6-8-19(9-7-18)14-17(3)27/h6-9,15-17,25,27,29H,12-14H2,1-5H3,(H,26,28). The average molecular weight is 461 g/mol. The number of aliphatic hydroxyl groups is 1. The number of aryl methyl sites for hydroxylation is 1. The van der Waals surface area contributed by atoms with E-state index in [1.807, 2.05) is 44.2 Å². The minimum Gasteiger partial charge on any atom is -0.393 e. The van der Waals surface area contributed by atoms with Gasteiger partial charge >= 0.3 is 0 Å². The minimum absolute atomic E-state index is 0.0212. The Kier molecular flexibility index (Phi) is 8.29. The quantitative estimate of drug-likeness (QED) is 0.274. The van der Waals surface area contributed by atoms with Crippen molar-refractivity contribution in [2.24, 2.45) is 0 Å². The summed E-state index contributed by atoms with van der Waals surface area (Å²) in [6, 6.07) is 9.57. The molecule has 2 rings (SSSR count). The molecule has 1 amide bonds. The molecule has 2 aromatic rings. The van der Waals surface area contributed by atoms with Crippen molar-refractivity contribution in [1.82, 2.24) is 10.5 Å². The normalized spacial score (nSPS) is 14.4. The minimum atomic E-state index is -3.76. The highest BCUT2D eigenvalue weighted by Gasteiger charge is 2.43. The van der Waals surface area contributed by atoms with Crippen LogP contribution in [0.2, 0.25) is 0 Å². The summed E-state index contributed by atoms with van der Waals surface area (Å²) in [6.07, 6.45) is 1.54. The number of nitrogens with one attached hydrogen (secondary N) is 2. The van der Waals surface area contributed by atoms with Gasteiger partial charge in [-0.25, -0.2) is 13.9 Å². The molecule has 0 saturated heterocycles. The van der Waals surface area contributed by atoms with Crippen molar-refractivity contribution < 1.29 is 23.5 Å². The van der Waals surface area contributed by atoms with Crippen LogP contribution in [0, 0.1) is 11.8 Å². The monoisotopic (exact) mass is 460 g/mol. The number of aliphatic hydroxyl groups excluding tert-OH is 1. The summed E-state index contributed by atoms with van der Waals surface area (Å²) in [5, 5.41) is 18.5. The molecule has 2 atom stereocenters. The van der Waals surface area contributed by atoms with E-state index >= 15 is 0 Å². The molecule has 4 N–H and O–H groups in total.